The van der Waals surface area contributed by atoms with Crippen LogP contribution in [0.2, 0.25) is 0 Å². The lowest BCUT2D eigenvalue weighted by atomic mass is 9.97. The third-order valence-electron chi connectivity index (χ3n) is 5.44. The molecular formula is C21H21N3O2. The van der Waals surface area contributed by atoms with Crippen molar-refractivity contribution in [2.24, 2.45) is 5.92 Å². The number of nitrogens with one attached hydrogen (secondary N) is 1. The second kappa shape index (κ2) is 5.95. The summed E-state index contributed by atoms with van der Waals surface area (Å²) in [6.07, 6.45) is 2.59. The van der Waals surface area contributed by atoms with E-state index in [1.54, 1.807) is 0 Å². The van der Waals surface area contributed by atoms with Crippen molar-refractivity contribution >= 4 is 10.8 Å². The summed E-state index contributed by atoms with van der Waals surface area (Å²) in [7, 11) is 0. The van der Waals surface area contributed by atoms with Crippen LogP contribution in [0.15, 0.2) is 41.2 Å². The minimum Gasteiger partial charge on any atom is -0.456 e. The summed E-state index contributed by atoms with van der Waals surface area (Å²) in [5.74, 6) is 2.25. The number of nitrogens with zero attached hydrogens (tertiary/aromatic N) is 2. The highest BCUT2D eigenvalue weighted by Crippen LogP contribution is 2.44. The van der Waals surface area contributed by atoms with Gasteiger partial charge in [0.2, 0.25) is 0 Å². The van der Waals surface area contributed by atoms with Crippen LogP contribution in [0.1, 0.15) is 25.3 Å². The van der Waals surface area contributed by atoms with Gasteiger partial charge in [0.25, 0.3) is 5.56 Å². The number of piperidine rings is 1. The molecule has 132 valence electrons. The molecule has 3 heterocycles. The number of benzene rings is 2. The maximum atomic E-state index is 12.1. The molecule has 0 aliphatic carbocycles. The fraction of sp³-hybridized carbons (Fsp3) is 0.333. The number of fused-ring (bicyclic) bond motifs is 2. The Morgan fingerprint density at radius 3 is 3.08 bits per heavy atom. The number of H-pyrrole nitrogens is 1. The van der Waals surface area contributed by atoms with E-state index in [9.17, 15) is 4.79 Å². The van der Waals surface area contributed by atoms with Crippen LogP contribution in [0.3, 0.4) is 0 Å². The van der Waals surface area contributed by atoms with Crippen molar-refractivity contribution in [3.8, 4) is 22.8 Å². The second-order valence-electron chi connectivity index (χ2n) is 7.50. The lowest BCUT2D eigenvalue weighted by Gasteiger charge is -2.31. The van der Waals surface area contributed by atoms with Gasteiger partial charge in [0.05, 0.1) is 10.8 Å². The van der Waals surface area contributed by atoms with Gasteiger partial charge < -0.3 is 4.74 Å². The van der Waals surface area contributed by atoms with E-state index in [0.29, 0.717) is 11.1 Å². The summed E-state index contributed by atoms with van der Waals surface area (Å²) < 4.78 is 6.06. The molecule has 2 aliphatic heterocycles. The zero-order chi connectivity index (χ0) is 17.7. The van der Waals surface area contributed by atoms with Crippen molar-refractivity contribution in [1.29, 1.82) is 0 Å². The average Bonchev–Trinajstić information content (AvgIpc) is 2.64. The van der Waals surface area contributed by atoms with Gasteiger partial charge >= 0.3 is 0 Å². The number of hydrogen-bond acceptors (Lipinski definition) is 4. The first-order valence-electron chi connectivity index (χ1n) is 9.24. The molecule has 26 heavy (non-hydrogen) atoms. The second-order valence-corrected chi connectivity index (χ2v) is 7.50. The van der Waals surface area contributed by atoms with Gasteiger partial charge in [-0.2, -0.15) is 5.10 Å². The van der Waals surface area contributed by atoms with Gasteiger partial charge in [0.15, 0.2) is 0 Å². The Kier molecular flexibility index (Phi) is 3.57. The van der Waals surface area contributed by atoms with Crippen molar-refractivity contribution in [2.75, 3.05) is 13.1 Å². The molecule has 0 amide bonds. The number of aromatic amines is 1. The minimum atomic E-state index is -0.184. The molecule has 3 aromatic rings. The van der Waals surface area contributed by atoms with Crippen LogP contribution in [-0.2, 0) is 6.54 Å². The molecular weight excluding hydrogens is 326 g/mol. The first-order chi connectivity index (χ1) is 12.7. The zero-order valence-electron chi connectivity index (χ0n) is 14.8. The first-order valence-corrected chi connectivity index (χ1v) is 9.24. The highest BCUT2D eigenvalue weighted by Gasteiger charge is 2.23. The van der Waals surface area contributed by atoms with Gasteiger partial charge in [-0.1, -0.05) is 19.1 Å². The Labute approximate surface area is 151 Å². The molecule has 2 aliphatic rings. The Bertz CT molecular complexity index is 1060. The maximum absolute atomic E-state index is 12.1. The molecule has 0 radical (unpaired) electrons. The lowest BCUT2D eigenvalue weighted by Crippen LogP contribution is -2.33. The van der Waals surface area contributed by atoms with Crippen molar-refractivity contribution in [3.05, 3.63) is 52.3 Å². The summed E-state index contributed by atoms with van der Waals surface area (Å²) in [4.78, 5) is 14.6. The topological polar surface area (TPSA) is 58.2 Å². The van der Waals surface area contributed by atoms with E-state index in [-0.39, 0.29) is 5.56 Å². The molecule has 1 atom stereocenters. The largest absolute Gasteiger partial charge is 0.456 e. The summed E-state index contributed by atoms with van der Waals surface area (Å²) in [6.45, 7) is 5.57. The molecule has 5 heteroatoms. The fourth-order valence-corrected chi connectivity index (χ4v) is 4.22. The van der Waals surface area contributed by atoms with E-state index >= 15 is 0 Å². The van der Waals surface area contributed by atoms with Gasteiger partial charge in [-0.25, -0.2) is 5.10 Å². The first kappa shape index (κ1) is 15.6. The number of likely N-dealkylation sites (tertiary alicyclic amines) is 1. The van der Waals surface area contributed by atoms with Crippen LogP contribution < -0.4 is 10.3 Å². The zero-order valence-corrected chi connectivity index (χ0v) is 14.8. The Hall–Kier alpha value is -2.66. The van der Waals surface area contributed by atoms with Gasteiger partial charge in [0, 0.05) is 18.7 Å². The van der Waals surface area contributed by atoms with Crippen molar-refractivity contribution in [2.45, 2.75) is 26.3 Å². The van der Waals surface area contributed by atoms with Gasteiger partial charge in [0.1, 0.15) is 17.2 Å². The van der Waals surface area contributed by atoms with Crippen LogP contribution in [0.4, 0.5) is 0 Å². The van der Waals surface area contributed by atoms with E-state index in [2.05, 4.69) is 34.2 Å². The molecule has 5 nitrogen and oxygen atoms in total. The molecule has 1 N–H and O–H groups in total. The van der Waals surface area contributed by atoms with Crippen molar-refractivity contribution < 1.29 is 4.74 Å². The third-order valence-corrected chi connectivity index (χ3v) is 5.44. The minimum absolute atomic E-state index is 0.184. The number of hydrogen-bond donors (Lipinski definition) is 1. The highest BCUT2D eigenvalue weighted by atomic mass is 16.5. The molecule has 0 saturated carbocycles. The van der Waals surface area contributed by atoms with Crippen molar-refractivity contribution in [3.63, 3.8) is 0 Å². The predicted octanol–water partition coefficient (Wildman–Crippen LogP) is 3.93. The van der Waals surface area contributed by atoms with Gasteiger partial charge in [-0.15, -0.1) is 0 Å². The third kappa shape index (κ3) is 2.51. The maximum Gasteiger partial charge on any atom is 0.272 e. The molecule has 5 rings (SSSR count). The Morgan fingerprint density at radius 1 is 1.27 bits per heavy atom. The average molecular weight is 347 g/mol. The number of aromatic nitrogens is 2. The standard InChI is InChI=1S/C21H21N3O2/c1-13-4-3-9-24(11-13)12-14-7-8-17-16(10-14)20-19-15(21(25)23-22-20)5-2-6-18(19)26-17/h2,5-8,10,13H,3-4,9,11-12H2,1H3,(H,23,25). The molecule has 0 bridgehead atoms. The van der Waals surface area contributed by atoms with Crippen LogP contribution in [0.25, 0.3) is 22.0 Å². The van der Waals surface area contributed by atoms with Gasteiger partial charge in [-0.05, 0) is 55.1 Å². The lowest BCUT2D eigenvalue weighted by molar-refractivity contribution is 0.176. The number of ether oxygens (including phenoxy) is 1. The summed E-state index contributed by atoms with van der Waals surface area (Å²) >= 11 is 0. The Balaban J connectivity index is 1.58. The summed E-state index contributed by atoms with van der Waals surface area (Å²) in [5, 5.41) is 8.40. The quantitative estimate of drug-likeness (QED) is 0.597. The van der Waals surface area contributed by atoms with E-state index in [1.807, 2.05) is 24.3 Å². The molecule has 1 unspecified atom stereocenters. The molecule has 1 saturated heterocycles. The monoisotopic (exact) mass is 347 g/mol. The summed E-state index contributed by atoms with van der Waals surface area (Å²) in [5.41, 5.74) is 2.82. The van der Waals surface area contributed by atoms with E-state index in [0.717, 1.165) is 47.9 Å². The van der Waals surface area contributed by atoms with E-state index in [1.165, 1.54) is 18.4 Å². The molecule has 1 fully saturated rings. The van der Waals surface area contributed by atoms with Crippen LogP contribution in [0.5, 0.6) is 11.5 Å². The number of rotatable bonds is 2. The van der Waals surface area contributed by atoms with Crippen LogP contribution >= 0.6 is 0 Å². The SMILES string of the molecule is CC1CCCN(Cc2ccc3c(c2)-c2n[nH]c(=O)c4cccc(c24)O3)C1. The normalized spacial score (nSPS) is 19.2. The Morgan fingerprint density at radius 2 is 2.19 bits per heavy atom. The van der Waals surface area contributed by atoms with E-state index < -0.39 is 0 Å². The van der Waals surface area contributed by atoms with Crippen LogP contribution in [0, 0.1) is 5.92 Å². The van der Waals surface area contributed by atoms with E-state index in [4.69, 9.17) is 4.74 Å². The smallest absolute Gasteiger partial charge is 0.272 e. The predicted molar refractivity (Wildman–Crippen MR) is 102 cm³/mol. The summed E-state index contributed by atoms with van der Waals surface area (Å²) in [6, 6.07) is 11.9. The molecule has 2 aromatic carbocycles. The highest BCUT2D eigenvalue weighted by molar-refractivity contribution is 6.01. The van der Waals surface area contributed by atoms with Gasteiger partial charge in [-0.3, -0.25) is 9.69 Å². The fourth-order valence-electron chi connectivity index (χ4n) is 4.22. The molecule has 0 spiro atoms. The van der Waals surface area contributed by atoms with Crippen LogP contribution in [-0.4, -0.2) is 28.2 Å². The molecule has 1 aromatic heterocycles. The van der Waals surface area contributed by atoms with Crippen molar-refractivity contribution in [1.82, 2.24) is 15.1 Å².